The Morgan fingerprint density at radius 2 is 1.68 bits per heavy atom. The van der Waals surface area contributed by atoms with Crippen LogP contribution < -0.4 is 13.8 Å². The second kappa shape index (κ2) is 7.66. The Balaban J connectivity index is 2.15. The van der Waals surface area contributed by atoms with E-state index >= 15 is 0 Å². The van der Waals surface area contributed by atoms with Gasteiger partial charge in [-0.1, -0.05) is 25.3 Å². The lowest BCUT2D eigenvalue weighted by atomic mass is 9.95. The van der Waals surface area contributed by atoms with Crippen LogP contribution in [-0.2, 0) is 10.0 Å². The topological polar surface area (TPSA) is 55.8 Å². The van der Waals surface area contributed by atoms with Crippen LogP contribution in [-0.4, -0.2) is 28.7 Å². The van der Waals surface area contributed by atoms with E-state index in [0.717, 1.165) is 32.1 Å². The van der Waals surface area contributed by atoms with Gasteiger partial charge in [0.1, 0.15) is 11.5 Å². The van der Waals surface area contributed by atoms with Gasteiger partial charge in [-0.25, -0.2) is 8.42 Å². The Morgan fingerprint density at radius 3 is 2.20 bits per heavy atom. The molecule has 1 fully saturated rings. The second-order valence-corrected chi connectivity index (χ2v) is 8.60. The predicted molar refractivity (Wildman–Crippen MR) is 100 cm³/mol. The van der Waals surface area contributed by atoms with E-state index in [1.165, 1.54) is 25.6 Å². The highest BCUT2D eigenvalue weighted by Crippen LogP contribution is 2.40. The van der Waals surface area contributed by atoms with Gasteiger partial charge in [0.2, 0.25) is 0 Å². The van der Waals surface area contributed by atoms with E-state index in [2.05, 4.69) is 0 Å². The van der Waals surface area contributed by atoms with E-state index in [-0.39, 0.29) is 10.9 Å². The van der Waals surface area contributed by atoms with E-state index in [1.54, 1.807) is 22.5 Å². The SMILES string of the molecule is COc1cccc(OC)c1S(=O)(=O)N(c1ccsc1)C1CCCCC1. The van der Waals surface area contributed by atoms with E-state index in [0.29, 0.717) is 17.2 Å². The quantitative estimate of drug-likeness (QED) is 0.749. The van der Waals surface area contributed by atoms with Crippen LogP contribution in [0.2, 0.25) is 0 Å². The first kappa shape index (κ1) is 18.1. The monoisotopic (exact) mass is 381 g/mol. The van der Waals surface area contributed by atoms with Crippen molar-refractivity contribution in [1.82, 2.24) is 0 Å². The van der Waals surface area contributed by atoms with Gasteiger partial charge in [0.25, 0.3) is 10.0 Å². The van der Waals surface area contributed by atoms with Gasteiger partial charge in [-0.2, -0.15) is 11.3 Å². The minimum absolute atomic E-state index is 0.0389. The zero-order valence-electron chi connectivity index (χ0n) is 14.5. The van der Waals surface area contributed by atoms with Crippen molar-refractivity contribution < 1.29 is 17.9 Å². The lowest BCUT2D eigenvalue weighted by Gasteiger charge is -2.35. The number of anilines is 1. The van der Waals surface area contributed by atoms with Crippen LogP contribution in [0.4, 0.5) is 5.69 Å². The molecule has 1 aliphatic carbocycles. The highest BCUT2D eigenvalue weighted by molar-refractivity contribution is 7.93. The molecule has 0 amide bonds. The molecule has 25 heavy (non-hydrogen) atoms. The van der Waals surface area contributed by atoms with Crippen LogP contribution >= 0.6 is 11.3 Å². The summed E-state index contributed by atoms with van der Waals surface area (Å²) in [5.41, 5.74) is 0.713. The summed E-state index contributed by atoms with van der Waals surface area (Å²) < 4.78 is 39.6. The fourth-order valence-electron chi connectivity index (χ4n) is 3.41. The maximum Gasteiger partial charge on any atom is 0.272 e. The number of ether oxygens (including phenoxy) is 2. The van der Waals surface area contributed by atoms with Gasteiger partial charge in [-0.3, -0.25) is 4.31 Å². The normalized spacial score (nSPS) is 15.8. The summed E-state index contributed by atoms with van der Waals surface area (Å²) in [4.78, 5) is 0.0942. The Labute approximate surface area is 153 Å². The van der Waals surface area contributed by atoms with Crippen LogP contribution in [0.5, 0.6) is 11.5 Å². The van der Waals surface area contributed by atoms with Crippen LogP contribution in [0, 0.1) is 0 Å². The first-order valence-corrected chi connectivity index (χ1v) is 10.8. The third-order valence-corrected chi connectivity index (χ3v) is 7.18. The average molecular weight is 382 g/mol. The summed E-state index contributed by atoms with van der Waals surface area (Å²) in [6.45, 7) is 0. The fraction of sp³-hybridized carbons (Fsp3) is 0.444. The molecule has 1 heterocycles. The van der Waals surface area contributed by atoms with Crippen molar-refractivity contribution in [3.05, 3.63) is 35.0 Å². The molecule has 1 aliphatic rings. The molecule has 0 unspecified atom stereocenters. The van der Waals surface area contributed by atoms with E-state index < -0.39 is 10.0 Å². The molecule has 0 saturated heterocycles. The maximum atomic E-state index is 13.7. The first-order valence-electron chi connectivity index (χ1n) is 8.37. The number of hydrogen-bond donors (Lipinski definition) is 0. The molecule has 0 spiro atoms. The molecule has 5 nitrogen and oxygen atoms in total. The molecule has 0 radical (unpaired) electrons. The van der Waals surface area contributed by atoms with Gasteiger partial charge in [0.15, 0.2) is 4.90 Å². The van der Waals surface area contributed by atoms with Gasteiger partial charge in [-0.15, -0.1) is 0 Å². The maximum absolute atomic E-state index is 13.7. The Bertz CT molecular complexity index is 774. The van der Waals surface area contributed by atoms with Gasteiger partial charge < -0.3 is 9.47 Å². The molecule has 1 aromatic carbocycles. The van der Waals surface area contributed by atoms with Gasteiger partial charge in [0, 0.05) is 11.4 Å². The number of hydrogen-bond acceptors (Lipinski definition) is 5. The van der Waals surface area contributed by atoms with E-state index in [4.69, 9.17) is 9.47 Å². The molecular formula is C18H23NO4S2. The largest absolute Gasteiger partial charge is 0.495 e. The highest BCUT2D eigenvalue weighted by Gasteiger charge is 2.36. The summed E-state index contributed by atoms with van der Waals surface area (Å²) >= 11 is 1.49. The van der Waals surface area contributed by atoms with Crippen molar-refractivity contribution in [3.8, 4) is 11.5 Å². The van der Waals surface area contributed by atoms with Gasteiger partial charge in [-0.05, 0) is 36.4 Å². The molecule has 3 rings (SSSR count). The zero-order valence-corrected chi connectivity index (χ0v) is 16.1. The third kappa shape index (κ3) is 3.48. The number of nitrogens with zero attached hydrogens (tertiary/aromatic N) is 1. The van der Waals surface area contributed by atoms with Crippen LogP contribution in [0.1, 0.15) is 32.1 Å². The smallest absolute Gasteiger partial charge is 0.272 e. The standard InChI is InChI=1S/C18H23NO4S2/c1-22-16-9-6-10-17(23-2)18(16)25(20,21)19(15-11-12-24-13-15)14-7-4-3-5-8-14/h6,9-14H,3-5,7-8H2,1-2H3. The number of methoxy groups -OCH3 is 2. The average Bonchev–Trinajstić information content (AvgIpc) is 3.15. The molecule has 1 saturated carbocycles. The third-order valence-electron chi connectivity index (χ3n) is 4.57. The van der Waals surface area contributed by atoms with E-state index in [1.807, 2.05) is 16.8 Å². The van der Waals surface area contributed by atoms with Crippen molar-refractivity contribution in [2.24, 2.45) is 0 Å². The molecule has 0 bridgehead atoms. The molecule has 1 aromatic heterocycles. The van der Waals surface area contributed by atoms with Crippen molar-refractivity contribution in [2.45, 2.75) is 43.0 Å². The number of thiophene rings is 1. The summed E-state index contributed by atoms with van der Waals surface area (Å²) in [7, 11) is -0.868. The van der Waals surface area contributed by atoms with Crippen LogP contribution in [0.15, 0.2) is 39.9 Å². The van der Waals surface area contributed by atoms with Crippen LogP contribution in [0.3, 0.4) is 0 Å². The minimum atomic E-state index is -3.82. The van der Waals surface area contributed by atoms with Gasteiger partial charge >= 0.3 is 0 Å². The minimum Gasteiger partial charge on any atom is -0.495 e. The molecule has 136 valence electrons. The van der Waals surface area contributed by atoms with Crippen molar-refractivity contribution in [3.63, 3.8) is 0 Å². The van der Waals surface area contributed by atoms with Crippen molar-refractivity contribution in [2.75, 3.05) is 18.5 Å². The van der Waals surface area contributed by atoms with Crippen molar-refractivity contribution >= 4 is 27.0 Å². The summed E-state index contributed by atoms with van der Waals surface area (Å²) in [5.74, 6) is 0.603. The van der Waals surface area contributed by atoms with E-state index in [9.17, 15) is 8.42 Å². The second-order valence-electron chi connectivity index (χ2n) is 6.07. The predicted octanol–water partition coefficient (Wildman–Crippen LogP) is 4.29. The molecule has 0 N–H and O–H groups in total. The number of benzene rings is 1. The molecule has 2 aromatic rings. The lowest BCUT2D eigenvalue weighted by molar-refractivity contribution is 0.372. The van der Waals surface area contributed by atoms with Crippen LogP contribution in [0.25, 0.3) is 0 Å². The summed E-state index contributed by atoms with van der Waals surface area (Å²) in [6, 6.07) is 6.86. The Hall–Kier alpha value is -1.73. The van der Waals surface area contributed by atoms with Gasteiger partial charge in [0.05, 0.1) is 19.9 Å². The summed E-state index contributed by atoms with van der Waals surface area (Å²) in [6.07, 6.45) is 4.98. The fourth-order valence-corrected chi connectivity index (χ4v) is 6.11. The highest BCUT2D eigenvalue weighted by atomic mass is 32.2. The zero-order chi connectivity index (χ0) is 17.9. The first-order chi connectivity index (χ1) is 12.1. The van der Waals surface area contributed by atoms with Crippen molar-refractivity contribution in [1.29, 1.82) is 0 Å². The molecule has 0 atom stereocenters. The lowest BCUT2D eigenvalue weighted by Crippen LogP contribution is -2.41. The number of rotatable bonds is 6. The Kier molecular flexibility index (Phi) is 5.54. The molecule has 7 heteroatoms. The summed E-state index contributed by atoms with van der Waals surface area (Å²) in [5, 5.41) is 3.79. The molecule has 0 aliphatic heterocycles. The Morgan fingerprint density at radius 1 is 1.04 bits per heavy atom. The molecular weight excluding hydrogens is 358 g/mol. The number of sulfonamides is 1.